The summed E-state index contributed by atoms with van der Waals surface area (Å²) in [6.07, 6.45) is 4.45. The van der Waals surface area contributed by atoms with E-state index in [1.807, 2.05) is 24.3 Å². The summed E-state index contributed by atoms with van der Waals surface area (Å²) in [5.74, 6) is 0.0711. The van der Waals surface area contributed by atoms with Gasteiger partial charge in [0, 0.05) is 5.92 Å². The van der Waals surface area contributed by atoms with Crippen LogP contribution in [0.3, 0.4) is 0 Å². The second-order valence-electron chi connectivity index (χ2n) is 5.00. The number of hydrogen-bond donors (Lipinski definition) is 1. The van der Waals surface area contributed by atoms with Crippen LogP contribution in [0.1, 0.15) is 31.2 Å². The second kappa shape index (κ2) is 4.44. The van der Waals surface area contributed by atoms with Gasteiger partial charge in [0.1, 0.15) is 0 Å². The van der Waals surface area contributed by atoms with Crippen molar-refractivity contribution in [3.63, 3.8) is 0 Å². The van der Waals surface area contributed by atoms with Crippen molar-refractivity contribution in [1.82, 2.24) is 0 Å². The number of hydroxylamine groups is 1. The summed E-state index contributed by atoms with van der Waals surface area (Å²) in [6, 6.07) is 7.59. The summed E-state index contributed by atoms with van der Waals surface area (Å²) in [4.78, 5) is 11.7. The Balaban J connectivity index is 2.12. The molecule has 1 aliphatic heterocycles. The van der Waals surface area contributed by atoms with Crippen molar-refractivity contribution in [1.29, 1.82) is 0 Å². The van der Waals surface area contributed by atoms with E-state index >= 15 is 0 Å². The van der Waals surface area contributed by atoms with Gasteiger partial charge in [-0.2, -0.15) is 4.74 Å². The molecule has 0 spiro atoms. The van der Waals surface area contributed by atoms with Crippen LogP contribution in [0, 0.1) is 11.1 Å². The first-order chi connectivity index (χ1) is 8.75. The predicted molar refractivity (Wildman–Crippen MR) is 69.6 cm³/mol. The van der Waals surface area contributed by atoms with Crippen molar-refractivity contribution in [3.8, 4) is 0 Å². The Kier molecular flexibility index (Phi) is 2.78. The molecule has 1 fully saturated rings. The fourth-order valence-electron chi connectivity index (χ4n) is 2.98. The van der Waals surface area contributed by atoms with Crippen LogP contribution in [-0.4, -0.2) is 22.9 Å². The first kappa shape index (κ1) is 11.3. The van der Waals surface area contributed by atoms with Gasteiger partial charge in [0.15, 0.2) is 5.71 Å². The highest BCUT2D eigenvalue weighted by atomic mass is 16.5. The molecule has 0 bridgehead atoms. The molecule has 1 aliphatic carbocycles. The zero-order valence-electron chi connectivity index (χ0n) is 10.2. The summed E-state index contributed by atoms with van der Waals surface area (Å²) < 4.78 is 0.886. The van der Waals surface area contributed by atoms with Crippen LogP contribution in [0.25, 0.3) is 0 Å². The molecule has 3 rings (SSSR count). The number of carbonyl (C=O) groups is 1. The second-order valence-corrected chi connectivity index (χ2v) is 5.00. The maximum absolute atomic E-state index is 12.2. The Morgan fingerprint density at radius 1 is 1.22 bits per heavy atom. The van der Waals surface area contributed by atoms with Crippen molar-refractivity contribution >= 4 is 17.3 Å². The lowest BCUT2D eigenvalue weighted by atomic mass is 9.94. The van der Waals surface area contributed by atoms with Crippen molar-refractivity contribution in [3.05, 3.63) is 35.0 Å². The Morgan fingerprint density at radius 2 is 1.94 bits per heavy atom. The number of fused-ring (bicyclic) bond motifs is 1. The number of rotatable bonds is 1. The molecule has 0 aromatic heterocycles. The molecule has 0 saturated heterocycles. The lowest BCUT2D eigenvalue weighted by molar-refractivity contribution is -0.446. The maximum Gasteiger partial charge on any atom is 0.291 e. The van der Waals surface area contributed by atoms with Crippen molar-refractivity contribution in [2.75, 3.05) is 11.9 Å². The van der Waals surface area contributed by atoms with Crippen molar-refractivity contribution in [2.24, 2.45) is 5.92 Å². The van der Waals surface area contributed by atoms with Gasteiger partial charge < -0.3 is 10.5 Å². The highest BCUT2D eigenvalue weighted by Crippen LogP contribution is 2.31. The Hall–Kier alpha value is -1.84. The summed E-state index contributed by atoms with van der Waals surface area (Å²) in [6.45, 7) is -0.0967. The van der Waals surface area contributed by atoms with Crippen LogP contribution in [0.5, 0.6) is 0 Å². The summed E-state index contributed by atoms with van der Waals surface area (Å²) in [5.41, 5.74) is 2.45. The molecule has 0 atom stereocenters. The highest BCUT2D eigenvalue weighted by Gasteiger charge is 2.32. The molecule has 4 nitrogen and oxygen atoms in total. The van der Waals surface area contributed by atoms with Gasteiger partial charge in [-0.15, -0.1) is 0 Å². The van der Waals surface area contributed by atoms with E-state index in [1.54, 1.807) is 0 Å². The fourth-order valence-corrected chi connectivity index (χ4v) is 2.98. The molecule has 0 radical (unpaired) electrons. The molecule has 1 aromatic carbocycles. The summed E-state index contributed by atoms with van der Waals surface area (Å²) in [7, 11) is 0. The Labute approximate surface area is 106 Å². The Bertz CT molecular complexity index is 516. The first-order valence-electron chi connectivity index (χ1n) is 6.46. The molecule has 2 aliphatic rings. The smallest absolute Gasteiger partial charge is 0.291 e. The average Bonchev–Trinajstić information content (AvgIpc) is 2.81. The minimum absolute atomic E-state index is 0.0967. The molecule has 0 unspecified atom stereocenters. The van der Waals surface area contributed by atoms with Crippen molar-refractivity contribution < 1.29 is 9.53 Å². The number of amides is 1. The van der Waals surface area contributed by atoms with Gasteiger partial charge in [-0.25, -0.2) is 0 Å². The number of anilines is 1. The van der Waals surface area contributed by atoms with Crippen LogP contribution in [0.4, 0.5) is 5.69 Å². The maximum atomic E-state index is 12.2. The number of hydrogen-bond acceptors (Lipinski definition) is 2. The van der Waals surface area contributed by atoms with Gasteiger partial charge in [-0.3, -0.25) is 4.79 Å². The zero-order chi connectivity index (χ0) is 12.5. The third-order valence-corrected chi connectivity index (χ3v) is 3.77. The fraction of sp³-hybridized carbons (Fsp3) is 0.429. The van der Waals surface area contributed by atoms with Gasteiger partial charge in [0.25, 0.3) is 5.91 Å². The number of benzodiazepines with no additional fused rings is 1. The molecule has 4 heteroatoms. The van der Waals surface area contributed by atoms with Gasteiger partial charge >= 0.3 is 0 Å². The van der Waals surface area contributed by atoms with Crippen LogP contribution in [0.15, 0.2) is 24.3 Å². The van der Waals surface area contributed by atoms with E-state index in [0.717, 1.165) is 34.5 Å². The molecule has 1 saturated carbocycles. The predicted octanol–water partition coefficient (Wildman–Crippen LogP) is 2.13. The molecule has 18 heavy (non-hydrogen) atoms. The van der Waals surface area contributed by atoms with E-state index in [1.165, 1.54) is 12.8 Å². The van der Waals surface area contributed by atoms with Crippen LogP contribution >= 0.6 is 0 Å². The molecular weight excluding hydrogens is 228 g/mol. The number of carbonyl (C=O) groups excluding carboxylic acids is 1. The topological polar surface area (TPSA) is 55.2 Å². The van der Waals surface area contributed by atoms with E-state index < -0.39 is 0 Å². The SMILES string of the molecule is O=C1C[N+]([O-])=C(C2CCCC2)c2ccccc2N1. The minimum Gasteiger partial charge on any atom is -0.623 e. The van der Waals surface area contributed by atoms with Gasteiger partial charge in [0.2, 0.25) is 6.54 Å². The van der Waals surface area contributed by atoms with E-state index in [4.69, 9.17) is 0 Å². The third-order valence-electron chi connectivity index (χ3n) is 3.77. The standard InChI is InChI=1S/C14H16N2O2/c17-13-9-16(18)14(10-5-1-2-6-10)11-7-3-4-8-12(11)15-13/h3-4,7-8,10H,1-2,5-6,9H2,(H,15,17). The van der Waals surface area contributed by atoms with E-state index in [-0.39, 0.29) is 12.5 Å². The normalized spacial score (nSPS) is 20.6. The van der Waals surface area contributed by atoms with E-state index in [2.05, 4.69) is 5.32 Å². The van der Waals surface area contributed by atoms with E-state index in [0.29, 0.717) is 5.92 Å². The van der Waals surface area contributed by atoms with Crippen LogP contribution < -0.4 is 5.32 Å². The molecular formula is C14H16N2O2. The number of benzene rings is 1. The van der Waals surface area contributed by atoms with Crippen LogP contribution in [-0.2, 0) is 4.79 Å². The summed E-state index contributed by atoms with van der Waals surface area (Å²) in [5, 5.41) is 15.0. The van der Waals surface area contributed by atoms with Crippen molar-refractivity contribution in [2.45, 2.75) is 25.7 Å². The largest absolute Gasteiger partial charge is 0.623 e. The number of nitrogens with one attached hydrogen (secondary N) is 1. The lowest BCUT2D eigenvalue weighted by Gasteiger charge is -2.14. The monoisotopic (exact) mass is 244 g/mol. The quantitative estimate of drug-likeness (QED) is 0.607. The number of para-hydroxylation sites is 1. The molecule has 1 amide bonds. The first-order valence-corrected chi connectivity index (χ1v) is 6.46. The molecule has 1 heterocycles. The average molecular weight is 244 g/mol. The molecule has 94 valence electrons. The van der Waals surface area contributed by atoms with E-state index in [9.17, 15) is 10.0 Å². The van der Waals surface area contributed by atoms with Gasteiger partial charge in [0.05, 0.1) is 11.3 Å². The molecule has 1 N–H and O–H groups in total. The minimum atomic E-state index is -0.231. The zero-order valence-corrected chi connectivity index (χ0v) is 10.2. The van der Waals surface area contributed by atoms with Gasteiger partial charge in [-0.05, 0) is 25.0 Å². The molecule has 1 aromatic rings. The number of nitrogens with zero attached hydrogens (tertiary/aromatic N) is 1. The van der Waals surface area contributed by atoms with Crippen LogP contribution in [0.2, 0.25) is 0 Å². The Morgan fingerprint density at radius 3 is 2.72 bits per heavy atom. The van der Waals surface area contributed by atoms with Gasteiger partial charge in [-0.1, -0.05) is 25.0 Å². The highest BCUT2D eigenvalue weighted by molar-refractivity contribution is 6.08. The summed E-state index contributed by atoms with van der Waals surface area (Å²) >= 11 is 0. The third kappa shape index (κ3) is 1.88. The lowest BCUT2D eigenvalue weighted by Crippen LogP contribution is -2.26.